The summed E-state index contributed by atoms with van der Waals surface area (Å²) in [6.45, 7) is 2.24. The standard InChI is InChI=1S/C26H26N2O6/c1-16-7-8-21-17(10-16)11-19(25(29)27-21)14-28(15-20-6-5-9-34-20)26(30)18-12-22(31-2)24(33-4)23(13-18)32-3/h5-13H,14-15H2,1-4H3,(H,27,29). The van der Waals surface area contributed by atoms with Crippen molar-refractivity contribution in [2.75, 3.05) is 21.3 Å². The number of carbonyl (C=O) groups is 1. The van der Waals surface area contributed by atoms with E-state index < -0.39 is 0 Å². The van der Waals surface area contributed by atoms with Gasteiger partial charge in [0.2, 0.25) is 5.75 Å². The molecule has 0 fully saturated rings. The van der Waals surface area contributed by atoms with E-state index in [0.717, 1.165) is 16.5 Å². The van der Waals surface area contributed by atoms with Gasteiger partial charge in [-0.1, -0.05) is 11.6 Å². The number of aryl methyl sites for hydroxylation is 1. The number of fused-ring (bicyclic) bond motifs is 1. The maximum absolute atomic E-state index is 13.7. The zero-order valence-electron chi connectivity index (χ0n) is 19.5. The summed E-state index contributed by atoms with van der Waals surface area (Å²) in [6.07, 6.45) is 1.54. The average molecular weight is 463 g/mol. The number of hydrogen-bond donors (Lipinski definition) is 1. The van der Waals surface area contributed by atoms with Gasteiger partial charge in [0.05, 0.1) is 40.7 Å². The van der Waals surface area contributed by atoms with Crippen LogP contribution in [-0.4, -0.2) is 37.1 Å². The van der Waals surface area contributed by atoms with Crippen LogP contribution >= 0.6 is 0 Å². The van der Waals surface area contributed by atoms with Crippen LogP contribution in [-0.2, 0) is 13.1 Å². The summed E-state index contributed by atoms with van der Waals surface area (Å²) in [4.78, 5) is 30.9. The number of pyridine rings is 1. The summed E-state index contributed by atoms with van der Waals surface area (Å²) in [6, 6.07) is 14.3. The minimum Gasteiger partial charge on any atom is -0.493 e. The van der Waals surface area contributed by atoms with E-state index in [1.165, 1.54) is 21.3 Å². The lowest BCUT2D eigenvalue weighted by Gasteiger charge is -2.23. The third-order valence-corrected chi connectivity index (χ3v) is 5.56. The molecule has 2 heterocycles. The van der Waals surface area contributed by atoms with Crippen LogP contribution < -0.4 is 19.8 Å². The Labute approximate surface area is 196 Å². The number of aromatic amines is 1. The van der Waals surface area contributed by atoms with E-state index in [1.54, 1.807) is 35.4 Å². The van der Waals surface area contributed by atoms with Crippen LogP contribution in [0.2, 0.25) is 0 Å². The van der Waals surface area contributed by atoms with E-state index >= 15 is 0 Å². The number of amides is 1. The lowest BCUT2D eigenvalue weighted by Crippen LogP contribution is -2.32. The van der Waals surface area contributed by atoms with Crippen molar-refractivity contribution in [1.29, 1.82) is 0 Å². The molecule has 0 saturated carbocycles. The van der Waals surface area contributed by atoms with Gasteiger partial charge in [-0.2, -0.15) is 0 Å². The van der Waals surface area contributed by atoms with E-state index in [2.05, 4.69) is 4.98 Å². The molecule has 0 spiro atoms. The zero-order chi connectivity index (χ0) is 24.2. The summed E-state index contributed by atoms with van der Waals surface area (Å²) < 4.78 is 21.7. The molecule has 176 valence electrons. The number of hydrogen-bond acceptors (Lipinski definition) is 6. The summed E-state index contributed by atoms with van der Waals surface area (Å²) in [7, 11) is 4.48. The van der Waals surface area contributed by atoms with Crippen LogP contribution in [0.15, 0.2) is 64.0 Å². The molecule has 0 atom stereocenters. The molecule has 0 unspecified atom stereocenters. The van der Waals surface area contributed by atoms with Crippen molar-refractivity contribution in [1.82, 2.24) is 9.88 Å². The second kappa shape index (κ2) is 9.74. The topological polar surface area (TPSA) is 94.0 Å². The van der Waals surface area contributed by atoms with E-state index in [-0.39, 0.29) is 24.6 Å². The summed E-state index contributed by atoms with van der Waals surface area (Å²) in [5.41, 5.74) is 2.36. The fourth-order valence-electron chi connectivity index (χ4n) is 3.87. The minimum absolute atomic E-state index is 0.0788. The normalized spacial score (nSPS) is 10.8. The largest absolute Gasteiger partial charge is 0.493 e. The van der Waals surface area contributed by atoms with Crippen molar-refractivity contribution in [3.63, 3.8) is 0 Å². The number of nitrogens with zero attached hydrogens (tertiary/aromatic N) is 1. The molecule has 2 aromatic heterocycles. The van der Waals surface area contributed by atoms with Gasteiger partial charge >= 0.3 is 0 Å². The molecule has 2 aromatic carbocycles. The van der Waals surface area contributed by atoms with Crippen LogP contribution in [0.5, 0.6) is 17.2 Å². The molecule has 0 saturated heterocycles. The molecular formula is C26H26N2O6. The molecular weight excluding hydrogens is 436 g/mol. The van der Waals surface area contributed by atoms with E-state index in [9.17, 15) is 9.59 Å². The third kappa shape index (κ3) is 4.61. The Morgan fingerprint density at radius 3 is 2.32 bits per heavy atom. The van der Waals surface area contributed by atoms with E-state index in [0.29, 0.717) is 34.1 Å². The van der Waals surface area contributed by atoms with Crippen LogP contribution in [0, 0.1) is 6.92 Å². The number of carbonyl (C=O) groups excluding carboxylic acids is 1. The fourth-order valence-corrected chi connectivity index (χ4v) is 3.87. The van der Waals surface area contributed by atoms with Crippen molar-refractivity contribution in [3.8, 4) is 17.2 Å². The Morgan fingerprint density at radius 1 is 0.971 bits per heavy atom. The van der Waals surface area contributed by atoms with Crippen LogP contribution in [0.1, 0.15) is 27.2 Å². The number of rotatable bonds is 8. The summed E-state index contributed by atoms with van der Waals surface area (Å²) in [5, 5.41) is 0.896. The smallest absolute Gasteiger partial charge is 0.254 e. The summed E-state index contributed by atoms with van der Waals surface area (Å²) >= 11 is 0. The Balaban J connectivity index is 1.75. The highest BCUT2D eigenvalue weighted by Crippen LogP contribution is 2.38. The van der Waals surface area contributed by atoms with Crippen LogP contribution in [0.4, 0.5) is 0 Å². The molecule has 1 N–H and O–H groups in total. The molecule has 0 aliphatic heterocycles. The second-order valence-electron chi connectivity index (χ2n) is 7.87. The van der Waals surface area contributed by atoms with Gasteiger partial charge in [-0.05, 0) is 54.8 Å². The number of H-pyrrole nitrogens is 1. The first-order valence-corrected chi connectivity index (χ1v) is 10.7. The monoisotopic (exact) mass is 462 g/mol. The van der Waals surface area contributed by atoms with Gasteiger partial charge in [0.25, 0.3) is 11.5 Å². The Hall–Kier alpha value is -4.20. The highest BCUT2D eigenvalue weighted by atomic mass is 16.5. The lowest BCUT2D eigenvalue weighted by molar-refractivity contribution is 0.0716. The minimum atomic E-state index is -0.320. The number of ether oxygens (including phenoxy) is 3. The average Bonchev–Trinajstić information content (AvgIpc) is 3.36. The van der Waals surface area contributed by atoms with Crippen molar-refractivity contribution in [2.45, 2.75) is 20.0 Å². The number of methoxy groups -OCH3 is 3. The van der Waals surface area contributed by atoms with Crippen molar-refractivity contribution in [2.24, 2.45) is 0 Å². The van der Waals surface area contributed by atoms with Gasteiger partial charge in [0, 0.05) is 16.6 Å². The Morgan fingerprint density at radius 2 is 1.71 bits per heavy atom. The molecule has 0 aliphatic carbocycles. The zero-order valence-corrected chi connectivity index (χ0v) is 19.5. The third-order valence-electron chi connectivity index (χ3n) is 5.56. The molecule has 0 bridgehead atoms. The van der Waals surface area contributed by atoms with Gasteiger partial charge in [-0.15, -0.1) is 0 Å². The van der Waals surface area contributed by atoms with Crippen molar-refractivity contribution < 1.29 is 23.4 Å². The first-order valence-electron chi connectivity index (χ1n) is 10.7. The van der Waals surface area contributed by atoms with Crippen molar-refractivity contribution in [3.05, 3.63) is 87.6 Å². The van der Waals surface area contributed by atoms with Crippen LogP contribution in [0.3, 0.4) is 0 Å². The molecule has 8 nitrogen and oxygen atoms in total. The van der Waals surface area contributed by atoms with Gasteiger partial charge in [0.1, 0.15) is 5.76 Å². The highest BCUT2D eigenvalue weighted by Gasteiger charge is 2.23. The predicted octanol–water partition coefficient (Wildman–Crippen LogP) is 4.30. The van der Waals surface area contributed by atoms with Gasteiger partial charge in [-0.25, -0.2) is 0 Å². The maximum atomic E-state index is 13.7. The Bertz CT molecular complexity index is 1350. The molecule has 0 aliphatic rings. The molecule has 8 heteroatoms. The number of furan rings is 1. The SMILES string of the molecule is COc1cc(C(=O)N(Cc2ccco2)Cc2cc3cc(C)ccc3[nH]c2=O)cc(OC)c1OC. The first-order chi connectivity index (χ1) is 16.4. The van der Waals surface area contributed by atoms with Crippen LogP contribution in [0.25, 0.3) is 10.9 Å². The van der Waals surface area contributed by atoms with Gasteiger partial charge in [0.15, 0.2) is 11.5 Å². The Kier molecular flexibility index (Phi) is 6.58. The van der Waals surface area contributed by atoms with E-state index in [4.69, 9.17) is 18.6 Å². The second-order valence-corrected chi connectivity index (χ2v) is 7.87. The molecule has 4 rings (SSSR count). The molecule has 1 amide bonds. The molecule has 34 heavy (non-hydrogen) atoms. The van der Waals surface area contributed by atoms with E-state index in [1.807, 2.05) is 31.2 Å². The number of nitrogens with one attached hydrogen (secondary N) is 1. The highest BCUT2D eigenvalue weighted by molar-refractivity contribution is 5.95. The number of benzene rings is 2. The first kappa shape index (κ1) is 23.0. The summed E-state index contributed by atoms with van der Waals surface area (Å²) in [5.74, 6) is 1.39. The maximum Gasteiger partial charge on any atom is 0.254 e. The lowest BCUT2D eigenvalue weighted by atomic mass is 10.1. The van der Waals surface area contributed by atoms with Gasteiger partial charge in [-0.3, -0.25) is 9.59 Å². The predicted molar refractivity (Wildman–Crippen MR) is 128 cm³/mol. The van der Waals surface area contributed by atoms with Crippen molar-refractivity contribution >= 4 is 16.8 Å². The van der Waals surface area contributed by atoms with Gasteiger partial charge < -0.3 is 28.5 Å². The number of aromatic nitrogens is 1. The fraction of sp³-hybridized carbons (Fsp3) is 0.231. The molecule has 4 aromatic rings. The molecule has 0 radical (unpaired) electrons. The quantitative estimate of drug-likeness (QED) is 0.420.